The second kappa shape index (κ2) is 11.1. The molecule has 250 valence electrons. The molecule has 0 atom stereocenters. The Labute approximate surface area is 295 Å². The van der Waals surface area contributed by atoms with Crippen molar-refractivity contribution in [3.8, 4) is 33.4 Å². The molecule has 6 aromatic rings. The summed E-state index contributed by atoms with van der Waals surface area (Å²) in [7, 11) is 0. The van der Waals surface area contributed by atoms with Crippen LogP contribution in [0.3, 0.4) is 0 Å². The first kappa shape index (κ1) is 32.0. The van der Waals surface area contributed by atoms with Crippen molar-refractivity contribution >= 4 is 33.3 Å². The zero-order valence-electron chi connectivity index (χ0n) is 30.3. The molecule has 0 saturated heterocycles. The summed E-state index contributed by atoms with van der Waals surface area (Å²) in [6.45, 7) is 16.9. The predicted octanol–water partition coefficient (Wildman–Crippen LogP) is 11.7. The molecular formula is C46H44N2O2. The summed E-state index contributed by atoms with van der Waals surface area (Å²) >= 11 is 0. The van der Waals surface area contributed by atoms with Crippen LogP contribution in [-0.4, -0.2) is 34.1 Å². The molecule has 0 radical (unpaired) electrons. The highest BCUT2D eigenvalue weighted by atomic mass is 16.5. The van der Waals surface area contributed by atoms with E-state index in [9.17, 15) is 0 Å². The van der Waals surface area contributed by atoms with E-state index in [1.54, 1.807) is 0 Å². The lowest BCUT2D eigenvalue weighted by Crippen LogP contribution is -2.41. The van der Waals surface area contributed by atoms with Gasteiger partial charge in [-0.25, -0.2) is 9.98 Å². The van der Waals surface area contributed by atoms with Crippen LogP contribution in [0, 0.1) is 0 Å². The Bertz CT molecular complexity index is 2340. The predicted molar refractivity (Wildman–Crippen MR) is 209 cm³/mol. The molecule has 0 amide bonds. The highest BCUT2D eigenvalue weighted by Gasteiger charge is 2.46. The molecule has 2 aliphatic heterocycles. The Balaban J connectivity index is 1.31. The van der Waals surface area contributed by atoms with Gasteiger partial charge in [0.25, 0.3) is 0 Å². The van der Waals surface area contributed by atoms with Crippen LogP contribution in [0.4, 0.5) is 0 Å². The van der Waals surface area contributed by atoms with Crippen LogP contribution in [0.2, 0.25) is 0 Å². The van der Waals surface area contributed by atoms with Crippen molar-refractivity contribution in [3.05, 3.63) is 132 Å². The lowest BCUT2D eigenvalue weighted by atomic mass is 9.84. The molecule has 4 heteroatoms. The Morgan fingerprint density at radius 3 is 1.18 bits per heavy atom. The number of fused-ring (bicyclic) bond motifs is 2. The standard InChI is InChI=1S/C46H44N2O2/c1-43(2)45(5,6)49-41(47-43)32-22-18-30(19-23-32)39-35-16-12-13-17-36(35)40(38-28-34(26-27-37(38)39)29-14-10-9-11-15-29)31-20-24-33(25-21-31)42-48-44(3,4)46(7,8)50-42/h9-28H,1-8H3. The fourth-order valence-electron chi connectivity index (χ4n) is 6.97. The average Bonchev–Trinajstić information content (AvgIpc) is 3.46. The second-order valence-electron chi connectivity index (χ2n) is 15.8. The SMILES string of the molecule is CC1(C)N=C(c2ccc(-c3c4ccccc4c(-c4ccc(C5=NC(C)(C)C(C)(C)O5)cc4)c4cc(-c5ccccc5)ccc34)cc2)OC1(C)C. The van der Waals surface area contributed by atoms with Gasteiger partial charge in [-0.2, -0.15) is 0 Å². The van der Waals surface area contributed by atoms with Gasteiger partial charge in [-0.15, -0.1) is 0 Å². The van der Waals surface area contributed by atoms with Crippen molar-refractivity contribution in [2.75, 3.05) is 0 Å². The van der Waals surface area contributed by atoms with E-state index >= 15 is 0 Å². The maximum Gasteiger partial charge on any atom is 0.217 e. The molecule has 6 aromatic carbocycles. The van der Waals surface area contributed by atoms with Crippen molar-refractivity contribution in [2.24, 2.45) is 9.98 Å². The molecule has 0 N–H and O–H groups in total. The molecule has 0 aliphatic carbocycles. The second-order valence-corrected chi connectivity index (χ2v) is 15.8. The van der Waals surface area contributed by atoms with Crippen LogP contribution in [0.15, 0.2) is 131 Å². The molecule has 8 rings (SSSR count). The third kappa shape index (κ3) is 5.12. The van der Waals surface area contributed by atoms with Crippen LogP contribution < -0.4 is 0 Å². The van der Waals surface area contributed by atoms with E-state index in [2.05, 4.69) is 177 Å². The topological polar surface area (TPSA) is 43.2 Å². The van der Waals surface area contributed by atoms with Crippen LogP contribution in [0.1, 0.15) is 66.5 Å². The molecule has 4 nitrogen and oxygen atoms in total. The Kier molecular flexibility index (Phi) is 7.14. The van der Waals surface area contributed by atoms with Crippen LogP contribution in [0.25, 0.3) is 54.9 Å². The maximum absolute atomic E-state index is 6.36. The van der Waals surface area contributed by atoms with Crippen LogP contribution >= 0.6 is 0 Å². The first-order valence-corrected chi connectivity index (χ1v) is 17.6. The van der Waals surface area contributed by atoms with Gasteiger partial charge in [-0.3, -0.25) is 0 Å². The van der Waals surface area contributed by atoms with Gasteiger partial charge in [-0.05, 0) is 141 Å². The van der Waals surface area contributed by atoms with E-state index in [0.29, 0.717) is 11.8 Å². The number of nitrogens with zero attached hydrogens (tertiary/aromatic N) is 2. The molecule has 0 spiro atoms. The van der Waals surface area contributed by atoms with Gasteiger partial charge in [0.1, 0.15) is 11.2 Å². The van der Waals surface area contributed by atoms with E-state index in [1.165, 1.54) is 43.8 Å². The molecule has 50 heavy (non-hydrogen) atoms. The van der Waals surface area contributed by atoms with E-state index in [0.717, 1.165) is 22.3 Å². The minimum Gasteiger partial charge on any atom is -0.469 e. The quantitative estimate of drug-likeness (QED) is 0.173. The minimum atomic E-state index is -0.375. The van der Waals surface area contributed by atoms with E-state index < -0.39 is 0 Å². The lowest BCUT2D eigenvalue weighted by Gasteiger charge is -2.30. The molecule has 0 bridgehead atoms. The molecule has 0 aromatic heterocycles. The zero-order valence-corrected chi connectivity index (χ0v) is 30.3. The van der Waals surface area contributed by atoms with Crippen molar-refractivity contribution in [1.82, 2.24) is 0 Å². The first-order chi connectivity index (χ1) is 23.7. The van der Waals surface area contributed by atoms with Crippen molar-refractivity contribution in [3.63, 3.8) is 0 Å². The smallest absolute Gasteiger partial charge is 0.217 e. The largest absolute Gasteiger partial charge is 0.469 e. The van der Waals surface area contributed by atoms with Crippen molar-refractivity contribution in [2.45, 2.75) is 77.7 Å². The van der Waals surface area contributed by atoms with Gasteiger partial charge in [-0.1, -0.05) is 91.0 Å². The molecule has 2 aliphatic rings. The van der Waals surface area contributed by atoms with Crippen molar-refractivity contribution < 1.29 is 9.47 Å². The Morgan fingerprint density at radius 1 is 0.360 bits per heavy atom. The maximum atomic E-state index is 6.36. The van der Waals surface area contributed by atoms with Crippen LogP contribution in [-0.2, 0) is 9.47 Å². The molecule has 0 fully saturated rings. The van der Waals surface area contributed by atoms with Gasteiger partial charge in [0.05, 0.1) is 11.1 Å². The number of aliphatic imine (C=N–C) groups is 2. The number of hydrogen-bond acceptors (Lipinski definition) is 4. The summed E-state index contributed by atoms with van der Waals surface area (Å²) in [6.07, 6.45) is 0. The molecular weight excluding hydrogens is 613 g/mol. The zero-order chi connectivity index (χ0) is 35.1. The van der Waals surface area contributed by atoms with E-state index in [4.69, 9.17) is 19.5 Å². The van der Waals surface area contributed by atoms with Gasteiger partial charge in [0.15, 0.2) is 0 Å². The lowest BCUT2D eigenvalue weighted by molar-refractivity contribution is 0.0618. The van der Waals surface area contributed by atoms with Gasteiger partial charge >= 0.3 is 0 Å². The molecule has 2 heterocycles. The fourth-order valence-corrected chi connectivity index (χ4v) is 6.97. The average molecular weight is 657 g/mol. The fraction of sp³-hybridized carbons (Fsp3) is 0.261. The summed E-state index contributed by atoms with van der Waals surface area (Å²) in [5, 5.41) is 4.84. The van der Waals surface area contributed by atoms with E-state index in [-0.39, 0.29) is 22.3 Å². The monoisotopic (exact) mass is 656 g/mol. The molecule has 0 saturated carbocycles. The third-order valence-electron chi connectivity index (χ3n) is 11.4. The Morgan fingerprint density at radius 2 is 0.740 bits per heavy atom. The van der Waals surface area contributed by atoms with Gasteiger partial charge < -0.3 is 9.47 Å². The van der Waals surface area contributed by atoms with E-state index in [1.807, 2.05) is 0 Å². The highest BCUT2D eigenvalue weighted by molar-refractivity contribution is 6.22. The highest BCUT2D eigenvalue weighted by Crippen LogP contribution is 2.46. The number of ether oxygens (including phenoxy) is 2. The first-order valence-electron chi connectivity index (χ1n) is 17.6. The number of hydrogen-bond donors (Lipinski definition) is 0. The number of benzene rings is 6. The Hall–Kier alpha value is -5.22. The number of rotatable bonds is 5. The summed E-state index contributed by atoms with van der Waals surface area (Å²) in [4.78, 5) is 9.91. The summed E-state index contributed by atoms with van der Waals surface area (Å²) in [5.41, 5.74) is 7.75. The van der Waals surface area contributed by atoms with Gasteiger partial charge in [0.2, 0.25) is 11.8 Å². The summed E-state index contributed by atoms with van der Waals surface area (Å²) < 4.78 is 12.7. The summed E-state index contributed by atoms with van der Waals surface area (Å²) in [6, 6.07) is 43.8. The van der Waals surface area contributed by atoms with Crippen molar-refractivity contribution in [1.29, 1.82) is 0 Å². The normalized spacial score (nSPS) is 18.4. The summed E-state index contributed by atoms with van der Waals surface area (Å²) in [5.74, 6) is 1.40. The molecule has 0 unspecified atom stereocenters. The van der Waals surface area contributed by atoms with Gasteiger partial charge in [0, 0.05) is 11.1 Å². The third-order valence-corrected chi connectivity index (χ3v) is 11.4. The van der Waals surface area contributed by atoms with Crippen LogP contribution in [0.5, 0.6) is 0 Å². The minimum absolute atomic E-state index is 0.303.